The lowest BCUT2D eigenvalue weighted by molar-refractivity contribution is 0.0209. The van der Waals surface area contributed by atoms with Gasteiger partial charge < -0.3 is 15.4 Å². The minimum Gasteiger partial charge on any atom is -0.393 e. The minimum absolute atomic E-state index is 0.320. The van der Waals surface area contributed by atoms with Crippen LogP contribution in [0, 0.1) is 0 Å². The second-order valence-corrected chi connectivity index (χ2v) is 10.2. The third-order valence-corrected chi connectivity index (χ3v) is 7.69. The summed E-state index contributed by atoms with van der Waals surface area (Å²) >= 11 is 2.32. The lowest BCUT2D eigenvalue weighted by Gasteiger charge is -2.42. The van der Waals surface area contributed by atoms with Crippen LogP contribution in [0.3, 0.4) is 0 Å². The molecule has 38 heavy (non-hydrogen) atoms. The van der Waals surface area contributed by atoms with E-state index in [0.29, 0.717) is 23.3 Å². The summed E-state index contributed by atoms with van der Waals surface area (Å²) in [4.78, 5) is 13.6. The zero-order chi connectivity index (χ0) is 26.1. The lowest BCUT2D eigenvalue weighted by Crippen LogP contribution is -2.51. The van der Waals surface area contributed by atoms with Crippen molar-refractivity contribution in [2.45, 2.75) is 29.0 Å². The summed E-state index contributed by atoms with van der Waals surface area (Å²) < 4.78 is 2.76. The average Bonchev–Trinajstić information content (AvgIpc) is 2.95. The Hall–Kier alpha value is -3.67. The summed E-state index contributed by atoms with van der Waals surface area (Å²) in [6, 6.07) is 24.4. The number of hydrogen-bond donors (Lipinski definition) is 3. The fourth-order valence-corrected chi connectivity index (χ4v) is 5.49. The zero-order valence-electron chi connectivity index (χ0n) is 20.5. The summed E-state index contributed by atoms with van der Waals surface area (Å²) in [6.45, 7) is 0. The van der Waals surface area contributed by atoms with Crippen LogP contribution in [0.15, 0.2) is 96.5 Å². The maximum atomic E-state index is 9.79. The molecule has 1 saturated carbocycles. The molecule has 3 heterocycles. The molecule has 0 spiro atoms. The van der Waals surface area contributed by atoms with Crippen molar-refractivity contribution >= 4 is 39.4 Å². The first-order valence-corrected chi connectivity index (χ1v) is 13.9. The molecule has 0 amide bonds. The Morgan fingerprint density at radius 3 is 2.42 bits per heavy atom. The first-order valence-electron chi connectivity index (χ1n) is 12.3. The van der Waals surface area contributed by atoms with E-state index in [-0.39, 0.29) is 6.10 Å². The summed E-state index contributed by atoms with van der Waals surface area (Å²) in [5.74, 6) is 0.425. The molecule has 0 aliphatic heterocycles. The van der Waals surface area contributed by atoms with Crippen LogP contribution >= 0.6 is 22.6 Å². The van der Waals surface area contributed by atoms with Gasteiger partial charge in [0.25, 0.3) is 0 Å². The highest BCUT2D eigenvalue weighted by molar-refractivity contribution is 14.1. The number of nitrogens with one attached hydrogen (secondary N) is 1. The van der Waals surface area contributed by atoms with E-state index in [1.54, 1.807) is 18.5 Å². The number of pyridine rings is 2. The number of hydrogen-bond acceptors (Lipinski definition) is 7. The molecular formula is C29H26IN7O. The SMILES string of the molecule is NC1(c2ccc(-c3nc4ccn(CI)/c(=N\Nc5ncccn5)c4cc3-c3ccccc3)cc2)CC(O)C1. The van der Waals surface area contributed by atoms with Gasteiger partial charge in [-0.15, -0.1) is 0 Å². The van der Waals surface area contributed by atoms with Crippen molar-refractivity contribution in [2.75, 3.05) is 5.43 Å². The average molecular weight is 615 g/mol. The lowest BCUT2D eigenvalue weighted by atomic mass is 9.70. The van der Waals surface area contributed by atoms with Gasteiger partial charge in [-0.1, -0.05) is 77.2 Å². The summed E-state index contributed by atoms with van der Waals surface area (Å²) in [7, 11) is 0. The van der Waals surface area contributed by atoms with Crippen molar-refractivity contribution in [2.24, 2.45) is 10.8 Å². The van der Waals surface area contributed by atoms with Gasteiger partial charge in [-0.2, -0.15) is 5.10 Å². The third kappa shape index (κ3) is 4.68. The Bertz CT molecular complexity index is 1650. The molecule has 4 N–H and O–H groups in total. The predicted octanol–water partition coefficient (Wildman–Crippen LogP) is 4.79. The number of nitrogens with zero attached hydrogens (tertiary/aromatic N) is 5. The van der Waals surface area contributed by atoms with Crippen LogP contribution in [-0.4, -0.2) is 30.7 Å². The van der Waals surface area contributed by atoms with Crippen molar-refractivity contribution < 1.29 is 5.11 Å². The second-order valence-electron chi connectivity index (χ2n) is 9.50. The molecule has 0 bridgehead atoms. The Morgan fingerprint density at radius 1 is 1.00 bits per heavy atom. The largest absolute Gasteiger partial charge is 0.393 e. The van der Waals surface area contributed by atoms with Crippen molar-refractivity contribution in [1.82, 2.24) is 19.5 Å². The standard InChI is InChI=1S/C29H26IN7O/c30-18-37-14-11-25-24(27(37)35-36-28-32-12-4-13-33-28)15-23(19-5-2-1-3-6-19)26(34-25)20-7-9-21(10-8-20)29(31)16-22(38)17-29/h1-15,22,38H,16-18,31H2,(H,32,33,36)/b35-27-. The van der Waals surface area contributed by atoms with Crippen molar-refractivity contribution in [1.29, 1.82) is 0 Å². The zero-order valence-corrected chi connectivity index (χ0v) is 22.7. The first-order chi connectivity index (χ1) is 18.5. The molecule has 2 aromatic carbocycles. The number of benzene rings is 2. The first kappa shape index (κ1) is 24.7. The van der Waals surface area contributed by atoms with Crippen molar-refractivity contribution in [3.05, 3.63) is 102 Å². The minimum atomic E-state index is -0.462. The number of anilines is 1. The number of aromatic nitrogens is 4. The van der Waals surface area contributed by atoms with E-state index in [1.165, 1.54) is 0 Å². The molecule has 0 radical (unpaired) electrons. The fourth-order valence-electron chi connectivity index (χ4n) is 4.93. The van der Waals surface area contributed by atoms with Crippen LogP contribution in [0.5, 0.6) is 0 Å². The van der Waals surface area contributed by atoms with Crippen LogP contribution in [0.4, 0.5) is 5.95 Å². The molecule has 0 atom stereocenters. The van der Waals surface area contributed by atoms with Gasteiger partial charge in [0.2, 0.25) is 5.95 Å². The van der Waals surface area contributed by atoms with Crippen LogP contribution < -0.4 is 16.6 Å². The van der Waals surface area contributed by atoms with Crippen LogP contribution in [-0.2, 0) is 10.1 Å². The van der Waals surface area contributed by atoms with E-state index in [0.717, 1.165) is 44.3 Å². The van der Waals surface area contributed by atoms with E-state index in [2.05, 4.69) is 90.1 Å². The van der Waals surface area contributed by atoms with Gasteiger partial charge in [0.05, 0.1) is 21.9 Å². The van der Waals surface area contributed by atoms with Crippen LogP contribution in [0.25, 0.3) is 33.3 Å². The van der Waals surface area contributed by atoms with E-state index in [1.807, 2.05) is 30.5 Å². The number of rotatable bonds is 6. The van der Waals surface area contributed by atoms with Crippen molar-refractivity contribution in [3.63, 3.8) is 0 Å². The molecule has 8 nitrogen and oxygen atoms in total. The smallest absolute Gasteiger partial charge is 0.243 e. The molecule has 6 rings (SSSR count). The number of nitrogens with two attached hydrogens (primary N) is 1. The maximum absolute atomic E-state index is 9.79. The van der Waals surface area contributed by atoms with Gasteiger partial charge in [0.15, 0.2) is 5.49 Å². The number of alkyl halides is 1. The van der Waals surface area contributed by atoms with Gasteiger partial charge in [-0.05, 0) is 42.2 Å². The quantitative estimate of drug-likeness (QED) is 0.144. The van der Waals surface area contributed by atoms with E-state index in [4.69, 9.17) is 10.7 Å². The van der Waals surface area contributed by atoms with E-state index < -0.39 is 5.54 Å². The molecule has 3 aromatic heterocycles. The van der Waals surface area contributed by atoms with Gasteiger partial charge in [0.1, 0.15) is 0 Å². The topological polar surface area (TPSA) is 114 Å². The van der Waals surface area contributed by atoms with Gasteiger partial charge in [0, 0.05) is 40.6 Å². The van der Waals surface area contributed by atoms with Gasteiger partial charge in [-0.25, -0.2) is 20.4 Å². The van der Waals surface area contributed by atoms with Crippen molar-refractivity contribution in [3.8, 4) is 22.4 Å². The Morgan fingerprint density at radius 2 is 1.74 bits per heavy atom. The second kappa shape index (κ2) is 10.2. The highest BCUT2D eigenvalue weighted by Gasteiger charge is 2.41. The molecule has 0 unspecified atom stereocenters. The number of aliphatic hydroxyl groups is 1. The highest BCUT2D eigenvalue weighted by Crippen LogP contribution is 2.40. The van der Waals surface area contributed by atoms with Gasteiger partial charge >= 0.3 is 0 Å². The van der Waals surface area contributed by atoms with Crippen LogP contribution in [0.2, 0.25) is 0 Å². The van der Waals surface area contributed by atoms with Crippen LogP contribution in [0.1, 0.15) is 18.4 Å². The Kier molecular flexibility index (Phi) is 6.64. The van der Waals surface area contributed by atoms with Gasteiger partial charge in [-0.3, -0.25) is 0 Å². The Balaban J connectivity index is 1.51. The monoisotopic (exact) mass is 615 g/mol. The molecule has 1 aliphatic carbocycles. The number of halogens is 1. The summed E-state index contributed by atoms with van der Waals surface area (Å²) in [5.41, 5.74) is 15.6. The predicted molar refractivity (Wildman–Crippen MR) is 157 cm³/mol. The number of aliphatic hydroxyl groups excluding tert-OH is 1. The normalized spacial score (nSPS) is 19.3. The highest BCUT2D eigenvalue weighted by atomic mass is 127. The molecule has 190 valence electrons. The molecule has 1 aliphatic rings. The maximum Gasteiger partial charge on any atom is 0.243 e. The summed E-state index contributed by atoms with van der Waals surface area (Å²) in [6.07, 6.45) is 6.18. The molecule has 1 fully saturated rings. The number of fused-ring (bicyclic) bond motifs is 1. The van der Waals surface area contributed by atoms with E-state index >= 15 is 0 Å². The summed E-state index contributed by atoms with van der Waals surface area (Å²) in [5, 5.41) is 15.4. The molecule has 9 heteroatoms. The fraction of sp³-hybridized carbons (Fsp3) is 0.172. The molecule has 5 aromatic rings. The molecule has 0 saturated heterocycles. The van der Waals surface area contributed by atoms with E-state index in [9.17, 15) is 5.11 Å². The third-order valence-electron chi connectivity index (χ3n) is 6.95. The molecular weight excluding hydrogens is 589 g/mol. The Labute approximate surface area is 233 Å².